The van der Waals surface area contributed by atoms with E-state index in [1.807, 2.05) is 0 Å². The molecule has 1 aliphatic rings. The Balaban J connectivity index is 0.00000342. The Morgan fingerprint density at radius 3 is 2.31 bits per heavy atom. The number of aliphatic carboxylic acids is 1. The highest BCUT2D eigenvalue weighted by molar-refractivity contribution is 5.88. The van der Waals surface area contributed by atoms with E-state index in [4.69, 9.17) is 18.6 Å². The van der Waals surface area contributed by atoms with Crippen LogP contribution in [0.2, 0.25) is 0 Å². The number of benzene rings is 2. The minimum Gasteiger partial charge on any atom is -1.00 e. The lowest BCUT2D eigenvalue weighted by atomic mass is 9.99. The first-order valence-electron chi connectivity index (χ1n) is 9.90. The van der Waals surface area contributed by atoms with E-state index in [0.717, 1.165) is 6.07 Å². The van der Waals surface area contributed by atoms with E-state index in [0.29, 0.717) is 0 Å². The minimum absolute atomic E-state index is 0. The van der Waals surface area contributed by atoms with Gasteiger partial charge < -0.3 is 62.4 Å². The largest absolute Gasteiger partial charge is 1.00 e. The van der Waals surface area contributed by atoms with Crippen molar-refractivity contribution in [2.24, 2.45) is 0 Å². The molecule has 13 heteroatoms. The highest BCUT2D eigenvalue weighted by Gasteiger charge is 2.48. The number of aliphatic hydroxyl groups excluding tert-OH is 3. The second kappa shape index (κ2) is 9.98. The number of halogens is 1. The van der Waals surface area contributed by atoms with Crippen molar-refractivity contribution in [2.45, 2.75) is 30.7 Å². The Labute approximate surface area is 203 Å². The van der Waals surface area contributed by atoms with Gasteiger partial charge in [-0.1, -0.05) is 0 Å². The highest BCUT2D eigenvalue weighted by Crippen LogP contribution is 2.42. The Morgan fingerprint density at radius 1 is 0.943 bits per heavy atom. The first-order chi connectivity index (χ1) is 16.1. The zero-order chi connectivity index (χ0) is 24.7. The van der Waals surface area contributed by atoms with E-state index in [1.165, 1.54) is 37.4 Å². The summed E-state index contributed by atoms with van der Waals surface area (Å²) in [4.78, 5) is 11.4. The van der Waals surface area contributed by atoms with Gasteiger partial charge in [-0.3, -0.25) is 0 Å². The number of phenolic OH excluding ortho intramolecular Hbond substituents is 3. The molecule has 12 nitrogen and oxygen atoms in total. The zero-order valence-corrected chi connectivity index (χ0v) is 18.7. The lowest BCUT2D eigenvalue weighted by Crippen LogP contribution is -3.00. The zero-order valence-electron chi connectivity index (χ0n) is 17.9. The van der Waals surface area contributed by atoms with E-state index >= 15 is 0 Å². The Morgan fingerprint density at radius 2 is 1.66 bits per heavy atom. The summed E-state index contributed by atoms with van der Waals surface area (Å²) >= 11 is 0. The van der Waals surface area contributed by atoms with Gasteiger partial charge in [0.25, 0.3) is 0 Å². The number of ether oxygens (including phenoxy) is 3. The molecule has 1 aromatic heterocycles. The molecule has 4 rings (SSSR count). The molecule has 1 aliphatic heterocycles. The third-order valence-corrected chi connectivity index (χ3v) is 5.31. The smallest absolute Gasteiger partial charge is 0.402 e. The van der Waals surface area contributed by atoms with Crippen LogP contribution in [-0.4, -0.2) is 79.5 Å². The topological polar surface area (TPSA) is 198 Å². The molecule has 0 radical (unpaired) electrons. The van der Waals surface area contributed by atoms with Gasteiger partial charge in [0.05, 0.1) is 18.7 Å². The van der Waals surface area contributed by atoms with E-state index < -0.39 is 36.7 Å². The monoisotopic (exact) mass is 512 g/mol. The summed E-state index contributed by atoms with van der Waals surface area (Å²) in [6, 6.07) is 7.71. The number of carbonyl (C=O) groups is 1. The van der Waals surface area contributed by atoms with Gasteiger partial charge in [0.2, 0.25) is 12.0 Å². The summed E-state index contributed by atoms with van der Waals surface area (Å²) in [6.45, 7) is 0. The highest BCUT2D eigenvalue weighted by atomic mass is 35.5. The number of carboxylic acid groups (broad SMARTS) is 1. The second-order valence-electron chi connectivity index (χ2n) is 7.56. The molecule has 35 heavy (non-hydrogen) atoms. The fourth-order valence-corrected chi connectivity index (χ4v) is 3.57. The molecule has 188 valence electrons. The van der Waals surface area contributed by atoms with Gasteiger partial charge in [0.15, 0.2) is 17.6 Å². The Bertz CT molecular complexity index is 1250. The third kappa shape index (κ3) is 4.83. The fraction of sp³-hybridized carbons (Fsp3) is 0.273. The van der Waals surface area contributed by atoms with Gasteiger partial charge in [0, 0.05) is 18.2 Å². The van der Waals surface area contributed by atoms with Crippen molar-refractivity contribution in [2.75, 3.05) is 7.11 Å². The van der Waals surface area contributed by atoms with Gasteiger partial charge in [-0.05, 0) is 12.1 Å². The molecule has 2 aromatic carbocycles. The molecule has 5 atom stereocenters. The normalized spacial score (nSPS) is 23.9. The molecule has 0 amide bonds. The van der Waals surface area contributed by atoms with Crippen molar-refractivity contribution in [3.05, 3.63) is 36.4 Å². The first-order valence-corrected chi connectivity index (χ1v) is 9.90. The number of carboxylic acids is 1. The number of phenols is 3. The van der Waals surface area contributed by atoms with Crippen LogP contribution in [-0.2, 0) is 9.53 Å². The summed E-state index contributed by atoms with van der Waals surface area (Å²) in [6.07, 6.45) is -9.33. The summed E-state index contributed by atoms with van der Waals surface area (Å²) in [5.74, 6) is -2.55. The first kappa shape index (κ1) is 26.1. The maximum absolute atomic E-state index is 11.4. The summed E-state index contributed by atoms with van der Waals surface area (Å²) < 4.78 is 21.8. The van der Waals surface area contributed by atoms with E-state index in [9.17, 15) is 40.5 Å². The van der Waals surface area contributed by atoms with Crippen LogP contribution in [0.5, 0.6) is 28.7 Å². The van der Waals surface area contributed by atoms with Gasteiger partial charge >= 0.3 is 17.3 Å². The van der Waals surface area contributed by atoms with E-state index in [-0.39, 0.29) is 63.4 Å². The van der Waals surface area contributed by atoms with Gasteiger partial charge in [-0.25, -0.2) is 9.21 Å². The number of rotatable bonds is 5. The number of methoxy groups -OCH3 is 1. The Kier molecular flexibility index (Phi) is 7.43. The summed E-state index contributed by atoms with van der Waals surface area (Å²) in [5.41, 5.74) is 0.325. The lowest BCUT2D eigenvalue weighted by molar-refractivity contribution is -0.271. The van der Waals surface area contributed by atoms with E-state index in [1.54, 1.807) is 0 Å². The number of hydrogen-bond donors (Lipinski definition) is 7. The van der Waals surface area contributed by atoms with Crippen molar-refractivity contribution >= 4 is 16.9 Å². The van der Waals surface area contributed by atoms with Crippen molar-refractivity contribution in [3.63, 3.8) is 0 Å². The molecular formula is C22H21ClO12. The standard InChI is InChI=1S/C22H20O12.ClH/c1-31-14-4-8(2-3-11(14)24)19-15(7-10-12(25)5-9(23)6-13(10)32-19)33-22-18(28)16(26)17(27)20(34-22)21(29)30;/h2-7,16-18,20,22,26-28H,1H3,(H3-,23,24,25,29,30);1H/t16-,17-,18+,20-,22+;/m0./s1. The number of fused-ring (bicyclic) bond motifs is 1. The maximum Gasteiger partial charge on any atom is 0.402 e. The molecule has 1 fully saturated rings. The molecule has 0 aliphatic carbocycles. The molecule has 0 unspecified atom stereocenters. The molecule has 0 bridgehead atoms. The predicted octanol–water partition coefficient (Wildman–Crippen LogP) is -2.22. The van der Waals surface area contributed by atoms with Crippen LogP contribution in [0.4, 0.5) is 0 Å². The molecule has 2 heterocycles. The van der Waals surface area contributed by atoms with Gasteiger partial charge in [0.1, 0.15) is 35.2 Å². The third-order valence-electron chi connectivity index (χ3n) is 5.31. The SMILES string of the molecule is COc1cc(-c2[o+]c3cc(O)cc(O)c3cc2O[C@@H]2O[C@H](C(=O)O)[C@@H](O)[C@H](O)[C@H]2O)ccc1O.[Cl-]. The molecular weight excluding hydrogens is 492 g/mol. The molecule has 0 spiro atoms. The lowest BCUT2D eigenvalue weighted by Gasteiger charge is -2.38. The van der Waals surface area contributed by atoms with Crippen LogP contribution in [0, 0.1) is 0 Å². The average Bonchev–Trinajstić information content (AvgIpc) is 2.79. The Hall–Kier alpha value is -3.55. The predicted molar refractivity (Wildman–Crippen MR) is 113 cm³/mol. The molecule has 3 aromatic rings. The van der Waals surface area contributed by atoms with Crippen LogP contribution in [0.15, 0.2) is 40.8 Å². The van der Waals surface area contributed by atoms with Crippen LogP contribution in [0.25, 0.3) is 22.3 Å². The van der Waals surface area contributed by atoms with Crippen molar-refractivity contribution in [1.82, 2.24) is 0 Å². The number of aliphatic hydroxyl groups is 3. The van der Waals surface area contributed by atoms with Crippen molar-refractivity contribution < 1.29 is 71.6 Å². The summed E-state index contributed by atoms with van der Waals surface area (Å²) in [7, 11) is 1.33. The summed E-state index contributed by atoms with van der Waals surface area (Å²) in [5, 5.41) is 69.7. The number of hydrogen-bond acceptors (Lipinski definition) is 10. The van der Waals surface area contributed by atoms with Crippen LogP contribution >= 0.6 is 0 Å². The van der Waals surface area contributed by atoms with Crippen molar-refractivity contribution in [3.8, 4) is 40.1 Å². The fourth-order valence-electron chi connectivity index (χ4n) is 3.57. The molecule has 1 saturated heterocycles. The van der Waals surface area contributed by atoms with Gasteiger partial charge in [-0.15, -0.1) is 0 Å². The van der Waals surface area contributed by atoms with Crippen LogP contribution in [0.3, 0.4) is 0 Å². The molecule has 7 N–H and O–H groups in total. The van der Waals surface area contributed by atoms with Crippen LogP contribution in [0.1, 0.15) is 0 Å². The quantitative estimate of drug-likeness (QED) is 0.182. The second-order valence-corrected chi connectivity index (χ2v) is 7.56. The molecule has 0 saturated carbocycles. The number of aromatic hydroxyl groups is 3. The van der Waals surface area contributed by atoms with Crippen LogP contribution < -0.4 is 21.9 Å². The minimum atomic E-state index is -1.92. The average molecular weight is 513 g/mol. The van der Waals surface area contributed by atoms with E-state index in [2.05, 4.69) is 0 Å². The maximum atomic E-state index is 11.4. The van der Waals surface area contributed by atoms with Crippen molar-refractivity contribution in [1.29, 1.82) is 0 Å². The van der Waals surface area contributed by atoms with Gasteiger partial charge in [-0.2, -0.15) is 0 Å².